The van der Waals surface area contributed by atoms with Crippen molar-refractivity contribution in [1.29, 1.82) is 0 Å². The van der Waals surface area contributed by atoms with Crippen LogP contribution in [0.25, 0.3) is 0 Å². The highest BCUT2D eigenvalue weighted by molar-refractivity contribution is 5.18. The Morgan fingerprint density at radius 1 is 0.692 bits per heavy atom. The van der Waals surface area contributed by atoms with Crippen molar-refractivity contribution in [1.82, 2.24) is 0 Å². The van der Waals surface area contributed by atoms with E-state index in [1.807, 2.05) is 6.07 Å². The average molecular weight is 190 g/mol. The van der Waals surface area contributed by atoms with Gasteiger partial charge >= 0.3 is 0 Å². The summed E-state index contributed by atoms with van der Waals surface area (Å²) in [7, 11) is 3.00. The molecule has 0 bridgehead atoms. The molecule has 1 aromatic carbocycles. The van der Waals surface area contributed by atoms with E-state index in [-0.39, 0.29) is 0 Å². The summed E-state index contributed by atoms with van der Waals surface area (Å²) in [4.78, 5) is 0. The largest absolute Gasteiger partial charge is 0.508 e. The van der Waals surface area contributed by atoms with Crippen LogP contribution >= 0.6 is 0 Å². The van der Waals surface area contributed by atoms with Crippen molar-refractivity contribution in [2.24, 2.45) is 0 Å². The minimum atomic E-state index is 0.322. The van der Waals surface area contributed by atoms with Gasteiger partial charge in [-0.05, 0) is 12.1 Å². The maximum atomic E-state index is 8.63. The second-order valence-electron chi connectivity index (χ2n) is 1.34. The van der Waals surface area contributed by atoms with E-state index >= 15 is 0 Å². The molecule has 78 valence electrons. The van der Waals surface area contributed by atoms with E-state index in [0.717, 1.165) is 21.3 Å². The summed E-state index contributed by atoms with van der Waals surface area (Å²) in [6.45, 7) is 0. The second kappa shape index (κ2) is 22.4. The van der Waals surface area contributed by atoms with Crippen molar-refractivity contribution in [2.75, 3.05) is 21.3 Å². The van der Waals surface area contributed by atoms with Crippen LogP contribution in [0.15, 0.2) is 30.3 Å². The summed E-state index contributed by atoms with van der Waals surface area (Å²) >= 11 is 0. The highest BCUT2D eigenvalue weighted by Gasteiger charge is 1.74. The first-order valence-corrected chi connectivity index (χ1v) is 3.48. The van der Waals surface area contributed by atoms with Gasteiger partial charge in [0.2, 0.25) is 0 Å². The molecule has 0 atom stereocenters. The number of benzene rings is 1. The van der Waals surface area contributed by atoms with Crippen molar-refractivity contribution in [3.8, 4) is 5.75 Å². The molecule has 0 unspecified atom stereocenters. The van der Waals surface area contributed by atoms with Gasteiger partial charge in [-0.2, -0.15) is 0 Å². The van der Waals surface area contributed by atoms with Gasteiger partial charge in [0.1, 0.15) is 5.75 Å². The molecule has 0 spiro atoms. The zero-order chi connectivity index (χ0) is 11.1. The van der Waals surface area contributed by atoms with Gasteiger partial charge in [-0.1, -0.05) is 18.2 Å². The van der Waals surface area contributed by atoms with Gasteiger partial charge < -0.3 is 20.4 Å². The molecular weight excluding hydrogens is 172 g/mol. The summed E-state index contributed by atoms with van der Waals surface area (Å²) in [5, 5.41) is 29.6. The summed E-state index contributed by atoms with van der Waals surface area (Å²) in [6.07, 6.45) is 0. The quantitative estimate of drug-likeness (QED) is 0.471. The molecule has 0 radical (unpaired) electrons. The normalized spacial score (nSPS) is 6.00. The van der Waals surface area contributed by atoms with Crippen molar-refractivity contribution in [3.05, 3.63) is 30.3 Å². The van der Waals surface area contributed by atoms with Gasteiger partial charge in [-0.3, -0.25) is 0 Å². The Morgan fingerprint density at radius 2 is 1.00 bits per heavy atom. The van der Waals surface area contributed by atoms with Crippen LogP contribution in [0, 0.1) is 0 Å². The molecule has 4 N–H and O–H groups in total. The number of phenolic OH excluding ortho intramolecular Hbond substituents is 1. The van der Waals surface area contributed by atoms with E-state index in [1.54, 1.807) is 24.3 Å². The standard InChI is InChI=1S/C6H6O.3CH4O/c7-6-4-2-1-3-5-6;3*1-2/h1-5,7H;3*2H,1H3. The van der Waals surface area contributed by atoms with Crippen LogP contribution in [0.1, 0.15) is 0 Å². The van der Waals surface area contributed by atoms with Gasteiger partial charge in [0.15, 0.2) is 0 Å². The van der Waals surface area contributed by atoms with Gasteiger partial charge in [-0.15, -0.1) is 0 Å². The number of phenols is 1. The number of aliphatic hydroxyl groups excluding tert-OH is 3. The number of aliphatic hydroxyl groups is 3. The highest BCUT2D eigenvalue weighted by Crippen LogP contribution is 2.02. The van der Waals surface area contributed by atoms with Crippen molar-refractivity contribution >= 4 is 0 Å². The Morgan fingerprint density at radius 3 is 1.15 bits per heavy atom. The highest BCUT2D eigenvalue weighted by atomic mass is 16.3. The van der Waals surface area contributed by atoms with E-state index in [9.17, 15) is 0 Å². The first-order chi connectivity index (χ1) is 6.39. The number of aromatic hydroxyl groups is 1. The Hall–Kier alpha value is -1.10. The fraction of sp³-hybridized carbons (Fsp3) is 0.333. The molecule has 0 heterocycles. The SMILES string of the molecule is CO.CO.CO.Oc1ccccc1. The third kappa shape index (κ3) is 18.1. The number of para-hydroxylation sites is 1. The van der Waals surface area contributed by atoms with Gasteiger partial charge in [0.05, 0.1) is 0 Å². The molecule has 4 nitrogen and oxygen atoms in total. The van der Waals surface area contributed by atoms with E-state index in [2.05, 4.69) is 0 Å². The Balaban J connectivity index is -0.000000144. The average Bonchev–Trinajstić information content (AvgIpc) is 2.28. The van der Waals surface area contributed by atoms with Gasteiger partial charge in [0.25, 0.3) is 0 Å². The molecule has 0 aromatic heterocycles. The summed E-state index contributed by atoms with van der Waals surface area (Å²) in [5.41, 5.74) is 0. The Bertz CT molecular complexity index is 142. The van der Waals surface area contributed by atoms with Crippen LogP contribution in [-0.2, 0) is 0 Å². The maximum Gasteiger partial charge on any atom is 0.115 e. The third-order valence-electron chi connectivity index (χ3n) is 0.756. The number of rotatable bonds is 0. The van der Waals surface area contributed by atoms with Crippen LogP contribution in [-0.4, -0.2) is 41.8 Å². The monoisotopic (exact) mass is 190 g/mol. The molecule has 1 rings (SSSR count). The first-order valence-electron chi connectivity index (χ1n) is 3.48. The van der Waals surface area contributed by atoms with E-state index < -0.39 is 0 Å². The van der Waals surface area contributed by atoms with Gasteiger partial charge in [-0.25, -0.2) is 0 Å². The molecule has 0 aliphatic carbocycles. The summed E-state index contributed by atoms with van der Waals surface area (Å²) < 4.78 is 0. The van der Waals surface area contributed by atoms with Crippen LogP contribution in [0.2, 0.25) is 0 Å². The predicted octanol–water partition coefficient (Wildman–Crippen LogP) is 0.218. The molecule has 0 saturated heterocycles. The minimum absolute atomic E-state index is 0.322. The van der Waals surface area contributed by atoms with E-state index in [1.165, 1.54) is 0 Å². The smallest absolute Gasteiger partial charge is 0.115 e. The lowest BCUT2D eigenvalue weighted by atomic mass is 10.3. The molecule has 0 fully saturated rings. The molecule has 0 aliphatic rings. The molecule has 4 heteroatoms. The summed E-state index contributed by atoms with van der Waals surface area (Å²) in [5.74, 6) is 0.322. The Kier molecular flexibility index (Phi) is 30.8. The second-order valence-corrected chi connectivity index (χ2v) is 1.34. The van der Waals surface area contributed by atoms with Crippen molar-refractivity contribution < 1.29 is 20.4 Å². The van der Waals surface area contributed by atoms with Crippen LogP contribution < -0.4 is 0 Å². The topological polar surface area (TPSA) is 80.9 Å². The molecule has 13 heavy (non-hydrogen) atoms. The van der Waals surface area contributed by atoms with Crippen LogP contribution in [0.4, 0.5) is 0 Å². The lowest BCUT2D eigenvalue weighted by molar-refractivity contribution is 0.399. The van der Waals surface area contributed by atoms with Gasteiger partial charge in [0, 0.05) is 21.3 Å². The van der Waals surface area contributed by atoms with E-state index in [4.69, 9.17) is 20.4 Å². The fourth-order valence-corrected chi connectivity index (χ4v) is 0.428. The third-order valence-corrected chi connectivity index (χ3v) is 0.756. The molecule has 0 amide bonds. The predicted molar refractivity (Wildman–Crippen MR) is 52.5 cm³/mol. The Labute approximate surface area is 78.7 Å². The molecular formula is C9H18O4. The molecule has 1 aromatic rings. The summed E-state index contributed by atoms with van der Waals surface area (Å²) in [6, 6.07) is 8.71. The minimum Gasteiger partial charge on any atom is -0.508 e. The molecule has 0 aliphatic heterocycles. The lowest BCUT2D eigenvalue weighted by Gasteiger charge is -1.82. The number of hydrogen-bond donors (Lipinski definition) is 4. The molecule has 0 saturated carbocycles. The van der Waals surface area contributed by atoms with Crippen molar-refractivity contribution in [3.63, 3.8) is 0 Å². The lowest BCUT2D eigenvalue weighted by Crippen LogP contribution is -1.56. The zero-order valence-corrected chi connectivity index (χ0v) is 8.18. The first kappa shape index (κ1) is 17.8. The maximum absolute atomic E-state index is 8.63. The van der Waals surface area contributed by atoms with E-state index in [0.29, 0.717) is 5.75 Å². The number of hydrogen-bond acceptors (Lipinski definition) is 4. The van der Waals surface area contributed by atoms with Crippen molar-refractivity contribution in [2.45, 2.75) is 0 Å². The fourth-order valence-electron chi connectivity index (χ4n) is 0.428. The van der Waals surface area contributed by atoms with Crippen LogP contribution in [0.5, 0.6) is 5.75 Å². The van der Waals surface area contributed by atoms with Crippen LogP contribution in [0.3, 0.4) is 0 Å². The zero-order valence-electron chi connectivity index (χ0n) is 8.18.